The quantitative estimate of drug-likeness (QED) is 0.463. The fraction of sp³-hybridized carbons (Fsp3) is 0.600. The zero-order valence-corrected chi connectivity index (χ0v) is 15.8. The number of aromatic nitrogens is 1. The summed E-state index contributed by atoms with van der Waals surface area (Å²) in [6, 6.07) is 6.62. The normalized spacial score (nSPS) is 19.9. The van der Waals surface area contributed by atoms with Gasteiger partial charge in [-0.3, -0.25) is 14.9 Å². The van der Waals surface area contributed by atoms with Gasteiger partial charge in [0.05, 0.1) is 18.9 Å². The van der Waals surface area contributed by atoms with Crippen LogP contribution in [0.15, 0.2) is 41.0 Å². The maximum atomic E-state index is 5.35. The van der Waals surface area contributed by atoms with Crippen LogP contribution in [-0.2, 0) is 11.3 Å². The second-order valence-electron chi connectivity index (χ2n) is 6.95. The lowest BCUT2D eigenvalue weighted by Crippen LogP contribution is -2.48. The van der Waals surface area contributed by atoms with E-state index in [9.17, 15) is 0 Å². The van der Waals surface area contributed by atoms with Crippen molar-refractivity contribution in [1.29, 1.82) is 0 Å². The van der Waals surface area contributed by atoms with Crippen LogP contribution in [0.1, 0.15) is 31.4 Å². The average molecular weight is 358 g/mol. The molecular formula is C20H31N5O. The molecule has 26 heavy (non-hydrogen) atoms. The van der Waals surface area contributed by atoms with Crippen molar-refractivity contribution in [3.8, 4) is 0 Å². The number of rotatable bonds is 6. The first kappa shape index (κ1) is 18.9. The van der Waals surface area contributed by atoms with Crippen molar-refractivity contribution >= 4 is 5.96 Å². The summed E-state index contributed by atoms with van der Waals surface area (Å²) < 4.78 is 5.35. The van der Waals surface area contributed by atoms with E-state index >= 15 is 0 Å². The van der Waals surface area contributed by atoms with Gasteiger partial charge in [-0.05, 0) is 37.8 Å². The number of aliphatic imine (C=N–C) groups is 1. The molecule has 2 aliphatic rings. The Balaban J connectivity index is 1.35. The first-order valence-electron chi connectivity index (χ1n) is 9.68. The third kappa shape index (κ3) is 6.11. The van der Waals surface area contributed by atoms with Gasteiger partial charge in [0.25, 0.3) is 0 Å². The van der Waals surface area contributed by atoms with E-state index in [1.807, 2.05) is 19.3 Å². The van der Waals surface area contributed by atoms with E-state index in [0.717, 1.165) is 76.7 Å². The van der Waals surface area contributed by atoms with E-state index in [-0.39, 0.29) is 0 Å². The van der Waals surface area contributed by atoms with Crippen molar-refractivity contribution in [3.63, 3.8) is 0 Å². The summed E-state index contributed by atoms with van der Waals surface area (Å²) in [7, 11) is 1.85. The Morgan fingerprint density at radius 2 is 2.23 bits per heavy atom. The predicted octanol–water partition coefficient (Wildman–Crippen LogP) is 1.95. The molecule has 2 N–H and O–H groups in total. The highest BCUT2D eigenvalue weighted by Crippen LogP contribution is 2.13. The minimum Gasteiger partial charge on any atom is -0.377 e. The molecule has 0 aliphatic carbocycles. The van der Waals surface area contributed by atoms with E-state index in [1.165, 1.54) is 5.57 Å². The molecule has 0 aromatic carbocycles. The van der Waals surface area contributed by atoms with Crippen molar-refractivity contribution < 1.29 is 4.74 Å². The third-order valence-corrected chi connectivity index (χ3v) is 5.06. The Morgan fingerprint density at radius 3 is 2.92 bits per heavy atom. The monoisotopic (exact) mass is 357 g/mol. The first-order valence-corrected chi connectivity index (χ1v) is 9.68. The first-order chi connectivity index (χ1) is 12.8. The van der Waals surface area contributed by atoms with Crippen LogP contribution < -0.4 is 10.6 Å². The van der Waals surface area contributed by atoms with Gasteiger partial charge in [0.15, 0.2) is 5.96 Å². The number of guanidine groups is 1. The molecule has 0 spiro atoms. The van der Waals surface area contributed by atoms with E-state index in [1.54, 1.807) is 0 Å². The number of piperidine rings is 1. The standard InChI is InChI=1S/C20H31N5O/c1-21-20(23-11-5-17-8-14-26-15-9-17)24-18-6-12-25(13-7-18)16-19-4-2-3-10-22-19/h2-4,8,10,18H,5-7,9,11-16H2,1H3,(H2,21,23,24). The highest BCUT2D eigenvalue weighted by atomic mass is 16.5. The Hall–Kier alpha value is -1.92. The van der Waals surface area contributed by atoms with Crippen molar-refractivity contribution in [1.82, 2.24) is 20.5 Å². The number of likely N-dealkylation sites (tertiary alicyclic amines) is 1. The molecular weight excluding hydrogens is 326 g/mol. The zero-order chi connectivity index (χ0) is 18.0. The van der Waals surface area contributed by atoms with Crippen molar-refractivity contribution in [2.45, 2.75) is 38.3 Å². The van der Waals surface area contributed by atoms with Crippen molar-refractivity contribution in [3.05, 3.63) is 41.7 Å². The van der Waals surface area contributed by atoms with Gasteiger partial charge in [-0.2, -0.15) is 0 Å². The average Bonchev–Trinajstić information content (AvgIpc) is 2.70. The van der Waals surface area contributed by atoms with Crippen molar-refractivity contribution in [2.75, 3.05) is 39.9 Å². The minimum atomic E-state index is 0.489. The summed E-state index contributed by atoms with van der Waals surface area (Å²) in [5.74, 6) is 0.917. The maximum absolute atomic E-state index is 5.35. The van der Waals surface area contributed by atoms with Gasteiger partial charge >= 0.3 is 0 Å². The highest BCUT2D eigenvalue weighted by molar-refractivity contribution is 5.79. The van der Waals surface area contributed by atoms with Gasteiger partial charge in [-0.1, -0.05) is 17.7 Å². The molecule has 3 heterocycles. The van der Waals surface area contributed by atoms with Crippen LogP contribution in [0.3, 0.4) is 0 Å². The highest BCUT2D eigenvalue weighted by Gasteiger charge is 2.20. The van der Waals surface area contributed by atoms with Gasteiger partial charge in [-0.15, -0.1) is 0 Å². The topological polar surface area (TPSA) is 61.8 Å². The van der Waals surface area contributed by atoms with Crippen LogP contribution in [0.2, 0.25) is 0 Å². The van der Waals surface area contributed by atoms with Crippen LogP contribution in [0, 0.1) is 0 Å². The molecule has 3 rings (SSSR count). The second-order valence-corrected chi connectivity index (χ2v) is 6.95. The SMILES string of the molecule is CN=C(NCCC1=CCOCC1)NC1CCN(Cc2ccccn2)CC1. The van der Waals surface area contributed by atoms with Gasteiger partial charge < -0.3 is 15.4 Å². The van der Waals surface area contributed by atoms with Gasteiger partial charge in [0, 0.05) is 45.5 Å². The number of hydrogen-bond donors (Lipinski definition) is 2. The maximum Gasteiger partial charge on any atom is 0.191 e. The molecule has 2 aliphatic heterocycles. The molecule has 142 valence electrons. The molecule has 0 radical (unpaired) electrons. The molecule has 6 heteroatoms. The lowest BCUT2D eigenvalue weighted by molar-refractivity contribution is 0.153. The summed E-state index contributed by atoms with van der Waals surface area (Å²) in [6.45, 7) is 5.68. The van der Waals surface area contributed by atoms with Crippen LogP contribution in [0.25, 0.3) is 0 Å². The molecule has 0 unspecified atom stereocenters. The lowest BCUT2D eigenvalue weighted by Gasteiger charge is -2.32. The molecule has 0 amide bonds. The lowest BCUT2D eigenvalue weighted by atomic mass is 10.0. The van der Waals surface area contributed by atoms with Crippen LogP contribution in [0.5, 0.6) is 0 Å². The molecule has 0 atom stereocenters. The Kier molecular flexibility index (Phi) is 7.46. The summed E-state index contributed by atoms with van der Waals surface area (Å²) >= 11 is 0. The third-order valence-electron chi connectivity index (χ3n) is 5.06. The fourth-order valence-corrected chi connectivity index (χ4v) is 3.48. The van der Waals surface area contributed by atoms with Gasteiger partial charge in [0.2, 0.25) is 0 Å². The van der Waals surface area contributed by atoms with E-state index < -0.39 is 0 Å². The largest absolute Gasteiger partial charge is 0.377 e. The fourth-order valence-electron chi connectivity index (χ4n) is 3.48. The number of pyridine rings is 1. The van der Waals surface area contributed by atoms with Crippen LogP contribution in [-0.4, -0.2) is 61.8 Å². The Bertz CT molecular complexity index is 593. The second kappa shape index (κ2) is 10.3. The zero-order valence-electron chi connectivity index (χ0n) is 15.8. The summed E-state index contributed by atoms with van der Waals surface area (Å²) in [5.41, 5.74) is 2.64. The van der Waals surface area contributed by atoms with E-state index in [0.29, 0.717) is 6.04 Å². The molecule has 1 saturated heterocycles. The van der Waals surface area contributed by atoms with E-state index in [2.05, 4.69) is 43.7 Å². The van der Waals surface area contributed by atoms with Gasteiger partial charge in [-0.25, -0.2) is 0 Å². The molecule has 6 nitrogen and oxygen atoms in total. The number of nitrogens with one attached hydrogen (secondary N) is 2. The molecule has 0 saturated carbocycles. The van der Waals surface area contributed by atoms with Gasteiger partial charge in [0.1, 0.15) is 0 Å². The predicted molar refractivity (Wildman–Crippen MR) is 105 cm³/mol. The summed E-state index contributed by atoms with van der Waals surface area (Å²) in [5, 5.41) is 7.03. The molecule has 1 aromatic heterocycles. The van der Waals surface area contributed by atoms with Crippen LogP contribution in [0.4, 0.5) is 0 Å². The minimum absolute atomic E-state index is 0.489. The number of hydrogen-bond acceptors (Lipinski definition) is 4. The Labute approximate surface area is 156 Å². The molecule has 1 aromatic rings. The van der Waals surface area contributed by atoms with Crippen LogP contribution >= 0.6 is 0 Å². The summed E-state index contributed by atoms with van der Waals surface area (Å²) in [4.78, 5) is 11.3. The molecule has 1 fully saturated rings. The number of nitrogens with zero attached hydrogens (tertiary/aromatic N) is 3. The number of ether oxygens (including phenoxy) is 1. The smallest absolute Gasteiger partial charge is 0.191 e. The molecule has 0 bridgehead atoms. The van der Waals surface area contributed by atoms with Crippen molar-refractivity contribution in [2.24, 2.45) is 4.99 Å². The van der Waals surface area contributed by atoms with E-state index in [4.69, 9.17) is 4.74 Å². The summed E-state index contributed by atoms with van der Waals surface area (Å²) in [6.07, 6.45) is 8.47. The Morgan fingerprint density at radius 1 is 1.35 bits per heavy atom.